The van der Waals surface area contributed by atoms with Crippen LogP contribution in [0.1, 0.15) is 70.3 Å². The Labute approximate surface area is 161 Å². The predicted octanol–water partition coefficient (Wildman–Crippen LogP) is 5.07. The van der Waals surface area contributed by atoms with Crippen LogP contribution in [0, 0.1) is 5.41 Å². The van der Waals surface area contributed by atoms with Crippen LogP contribution in [0.4, 0.5) is 0 Å². The van der Waals surface area contributed by atoms with Crippen molar-refractivity contribution in [2.45, 2.75) is 70.3 Å². The van der Waals surface area contributed by atoms with Crippen molar-refractivity contribution in [3.8, 4) is 0 Å². The largest absolute Gasteiger partial charge is 0.465 e. The van der Waals surface area contributed by atoms with E-state index in [9.17, 15) is 9.59 Å². The van der Waals surface area contributed by atoms with Gasteiger partial charge >= 0.3 is 11.9 Å². The molecule has 2 fully saturated rings. The molecule has 0 aromatic heterocycles. The van der Waals surface area contributed by atoms with Gasteiger partial charge in [0.1, 0.15) is 5.60 Å². The third-order valence-electron chi connectivity index (χ3n) is 5.99. The number of hydrogen-bond donors (Lipinski definition) is 0. The van der Waals surface area contributed by atoms with Crippen LogP contribution in [0.25, 0.3) is 6.08 Å². The summed E-state index contributed by atoms with van der Waals surface area (Å²) in [6.45, 7) is 2.05. The van der Waals surface area contributed by atoms with Gasteiger partial charge in [-0.3, -0.25) is 9.59 Å². The molecule has 2 aliphatic rings. The zero-order chi connectivity index (χ0) is 19.2. The Morgan fingerprint density at radius 3 is 2.52 bits per heavy atom. The van der Waals surface area contributed by atoms with Gasteiger partial charge in [-0.25, -0.2) is 0 Å². The zero-order valence-corrected chi connectivity index (χ0v) is 16.2. The minimum atomic E-state index is -1.15. The second kappa shape index (κ2) is 8.73. The number of esters is 2. The molecule has 1 aromatic rings. The van der Waals surface area contributed by atoms with Gasteiger partial charge in [-0.1, -0.05) is 48.9 Å². The van der Waals surface area contributed by atoms with Gasteiger partial charge in [0, 0.05) is 0 Å². The van der Waals surface area contributed by atoms with E-state index < -0.39 is 11.4 Å². The SMILES string of the molecule is CCOC(=O)C1(CC/C=C/c2ccccc2)CCC2(CCCCC2)OC1=O. The number of rotatable bonds is 6. The van der Waals surface area contributed by atoms with E-state index in [1.54, 1.807) is 6.92 Å². The van der Waals surface area contributed by atoms with Gasteiger partial charge in [0.2, 0.25) is 0 Å². The van der Waals surface area contributed by atoms with E-state index >= 15 is 0 Å². The van der Waals surface area contributed by atoms with Crippen molar-refractivity contribution in [2.75, 3.05) is 6.61 Å². The first-order chi connectivity index (χ1) is 13.1. The molecule has 3 rings (SSSR count). The fourth-order valence-electron chi connectivity index (χ4n) is 4.33. The fraction of sp³-hybridized carbons (Fsp3) is 0.565. The number of carbonyl (C=O) groups excluding carboxylic acids is 2. The Hall–Kier alpha value is -2.10. The van der Waals surface area contributed by atoms with Crippen molar-refractivity contribution in [1.29, 1.82) is 0 Å². The summed E-state index contributed by atoms with van der Waals surface area (Å²) >= 11 is 0. The van der Waals surface area contributed by atoms with Crippen LogP contribution in [-0.4, -0.2) is 24.1 Å². The molecule has 1 saturated carbocycles. The summed E-state index contributed by atoms with van der Waals surface area (Å²) in [7, 11) is 0. The van der Waals surface area contributed by atoms with E-state index in [0.717, 1.165) is 37.7 Å². The highest BCUT2D eigenvalue weighted by Crippen LogP contribution is 2.47. The smallest absolute Gasteiger partial charge is 0.324 e. The molecule has 1 unspecified atom stereocenters. The Balaban J connectivity index is 1.70. The molecule has 0 radical (unpaired) electrons. The van der Waals surface area contributed by atoms with Crippen molar-refractivity contribution in [3.05, 3.63) is 42.0 Å². The molecule has 0 N–H and O–H groups in total. The standard InChI is InChI=1S/C23H30O4/c1-2-26-20(24)23(16-10-7-13-19-11-5-3-6-12-19)18-17-22(27-21(23)25)14-8-4-9-15-22/h3,5-7,11-13H,2,4,8-10,14-18H2,1H3/b13-7+. The normalized spacial score (nSPS) is 24.7. The monoisotopic (exact) mass is 370 g/mol. The molecule has 1 aromatic carbocycles. The molecule has 146 valence electrons. The lowest BCUT2D eigenvalue weighted by atomic mass is 9.70. The molecule has 1 atom stereocenters. The van der Waals surface area contributed by atoms with Gasteiger partial charge in [0.15, 0.2) is 5.41 Å². The highest BCUT2D eigenvalue weighted by Gasteiger charge is 2.55. The Kier molecular flexibility index (Phi) is 6.35. The van der Waals surface area contributed by atoms with E-state index in [2.05, 4.69) is 0 Å². The molecular formula is C23H30O4. The molecule has 0 amide bonds. The Morgan fingerprint density at radius 1 is 1.11 bits per heavy atom. The quantitative estimate of drug-likeness (QED) is 0.518. The number of ether oxygens (including phenoxy) is 2. The second-order valence-electron chi connectivity index (χ2n) is 7.79. The molecule has 1 spiro atoms. The van der Waals surface area contributed by atoms with Crippen molar-refractivity contribution >= 4 is 18.0 Å². The van der Waals surface area contributed by atoms with Gasteiger partial charge in [0.25, 0.3) is 0 Å². The van der Waals surface area contributed by atoms with Gasteiger partial charge in [-0.15, -0.1) is 0 Å². The molecule has 1 saturated heterocycles. The van der Waals surface area contributed by atoms with Crippen LogP contribution in [0.5, 0.6) is 0 Å². The summed E-state index contributed by atoms with van der Waals surface area (Å²) in [5.41, 5.74) is -0.389. The van der Waals surface area contributed by atoms with Gasteiger partial charge in [0.05, 0.1) is 6.61 Å². The van der Waals surface area contributed by atoms with E-state index in [0.29, 0.717) is 19.3 Å². The van der Waals surface area contributed by atoms with Crippen LogP contribution in [-0.2, 0) is 19.1 Å². The Morgan fingerprint density at radius 2 is 1.85 bits per heavy atom. The van der Waals surface area contributed by atoms with E-state index in [-0.39, 0.29) is 18.2 Å². The van der Waals surface area contributed by atoms with Crippen LogP contribution >= 0.6 is 0 Å². The molecule has 27 heavy (non-hydrogen) atoms. The third kappa shape index (κ3) is 4.42. The highest BCUT2D eigenvalue weighted by atomic mass is 16.6. The average Bonchev–Trinajstić information content (AvgIpc) is 2.69. The summed E-state index contributed by atoms with van der Waals surface area (Å²) < 4.78 is 11.2. The second-order valence-corrected chi connectivity index (χ2v) is 7.79. The molecule has 1 aliphatic heterocycles. The third-order valence-corrected chi connectivity index (χ3v) is 5.99. The molecule has 1 aliphatic carbocycles. The Bertz CT molecular complexity index is 673. The van der Waals surface area contributed by atoms with Gasteiger partial charge < -0.3 is 9.47 Å². The minimum absolute atomic E-state index is 0.277. The number of allylic oxidation sites excluding steroid dienone is 1. The van der Waals surface area contributed by atoms with Crippen LogP contribution in [0.2, 0.25) is 0 Å². The first kappa shape index (κ1) is 19.7. The lowest BCUT2D eigenvalue weighted by molar-refractivity contribution is -0.199. The number of carbonyl (C=O) groups is 2. The lowest BCUT2D eigenvalue weighted by Gasteiger charge is -2.45. The maximum atomic E-state index is 13.0. The van der Waals surface area contributed by atoms with E-state index in [1.165, 1.54) is 6.42 Å². The van der Waals surface area contributed by atoms with Gasteiger partial charge in [-0.2, -0.15) is 0 Å². The van der Waals surface area contributed by atoms with Crippen LogP contribution < -0.4 is 0 Å². The predicted molar refractivity (Wildman–Crippen MR) is 105 cm³/mol. The van der Waals surface area contributed by atoms with Crippen LogP contribution in [0.15, 0.2) is 36.4 Å². The van der Waals surface area contributed by atoms with Crippen LogP contribution in [0.3, 0.4) is 0 Å². The molecular weight excluding hydrogens is 340 g/mol. The van der Waals surface area contributed by atoms with Crippen molar-refractivity contribution in [1.82, 2.24) is 0 Å². The van der Waals surface area contributed by atoms with E-state index in [4.69, 9.17) is 9.47 Å². The van der Waals surface area contributed by atoms with Crippen molar-refractivity contribution in [3.63, 3.8) is 0 Å². The van der Waals surface area contributed by atoms with Gasteiger partial charge in [-0.05, 0) is 63.9 Å². The summed E-state index contributed by atoms with van der Waals surface area (Å²) in [5, 5.41) is 0. The summed E-state index contributed by atoms with van der Waals surface area (Å²) in [4.78, 5) is 25.7. The zero-order valence-electron chi connectivity index (χ0n) is 16.2. The number of hydrogen-bond acceptors (Lipinski definition) is 4. The lowest BCUT2D eigenvalue weighted by Crippen LogP contribution is -2.53. The summed E-state index contributed by atoms with van der Waals surface area (Å²) in [6.07, 6.45) is 11.6. The first-order valence-electron chi connectivity index (χ1n) is 10.2. The molecule has 4 heteroatoms. The maximum Gasteiger partial charge on any atom is 0.324 e. The van der Waals surface area contributed by atoms with Crippen molar-refractivity contribution in [2.24, 2.45) is 5.41 Å². The summed E-state index contributed by atoms with van der Waals surface area (Å²) in [6, 6.07) is 10.0. The maximum absolute atomic E-state index is 13.0. The first-order valence-corrected chi connectivity index (χ1v) is 10.2. The molecule has 1 heterocycles. The van der Waals surface area contributed by atoms with E-state index in [1.807, 2.05) is 42.5 Å². The van der Waals surface area contributed by atoms with Crippen molar-refractivity contribution < 1.29 is 19.1 Å². The average molecular weight is 370 g/mol. The minimum Gasteiger partial charge on any atom is -0.465 e. The molecule has 4 nitrogen and oxygen atoms in total. The fourth-order valence-corrected chi connectivity index (χ4v) is 4.33. The summed E-state index contributed by atoms with van der Waals surface area (Å²) in [5.74, 6) is -0.795. The number of benzene rings is 1. The highest BCUT2D eigenvalue weighted by molar-refractivity contribution is 6.00. The molecule has 0 bridgehead atoms. The topological polar surface area (TPSA) is 52.6 Å².